The van der Waals surface area contributed by atoms with Crippen molar-refractivity contribution in [3.63, 3.8) is 0 Å². The first-order chi connectivity index (χ1) is 25.2. The number of benzene rings is 5. The minimum absolute atomic E-state index is 0.433. The number of hydrogen-bond acceptors (Lipinski definition) is 4. The van der Waals surface area contributed by atoms with Gasteiger partial charge >= 0.3 is 0 Å². The second-order valence-electron chi connectivity index (χ2n) is 13.7. The fourth-order valence-corrected chi connectivity index (χ4v) is 8.95. The van der Waals surface area contributed by atoms with Crippen LogP contribution in [0.2, 0.25) is 0 Å². The molecule has 0 spiro atoms. The topological polar surface area (TPSA) is 43.6 Å². The van der Waals surface area contributed by atoms with Crippen LogP contribution < -0.4 is 0 Å². The van der Waals surface area contributed by atoms with Gasteiger partial charge in [-0.05, 0) is 89.2 Å². The van der Waals surface area contributed by atoms with Gasteiger partial charge in [0.1, 0.15) is 0 Å². The van der Waals surface area contributed by atoms with E-state index in [9.17, 15) is 0 Å². The van der Waals surface area contributed by atoms with Gasteiger partial charge in [0.05, 0.1) is 11.0 Å². The van der Waals surface area contributed by atoms with Crippen LogP contribution in [0.1, 0.15) is 36.0 Å². The fourth-order valence-electron chi connectivity index (χ4n) is 7.73. The van der Waals surface area contributed by atoms with Crippen molar-refractivity contribution in [1.82, 2.24) is 19.5 Å². The monoisotopic (exact) mass is 674 g/mol. The fraction of sp³-hybridized carbons (Fsp3) is 0.109. The van der Waals surface area contributed by atoms with E-state index >= 15 is 0 Å². The molecule has 2 aliphatic rings. The summed E-state index contributed by atoms with van der Waals surface area (Å²) >= 11 is 1.91. The number of fused-ring (bicyclic) bond motifs is 6. The molecule has 4 nitrogen and oxygen atoms in total. The average Bonchev–Trinajstić information content (AvgIpc) is 3.73. The summed E-state index contributed by atoms with van der Waals surface area (Å²) in [4.78, 5) is 16.6. The summed E-state index contributed by atoms with van der Waals surface area (Å²) in [5.74, 6) is 2.54. The molecule has 1 atom stereocenters. The molecule has 5 heteroatoms. The number of hydrogen-bond donors (Lipinski definition) is 0. The molecular formula is C46H34N4S. The molecule has 2 aliphatic carbocycles. The van der Waals surface area contributed by atoms with Gasteiger partial charge in [0.25, 0.3) is 0 Å². The SMILES string of the molecule is CC1C=CC=C(c2nc(-c3ccccc3)nc(-c3ccc4c5ccc(-c6ccc7c8c(sc7c6)C=CCC8)cc5n(-c5ccccc5)c4c3)n2)C1. The average molecular weight is 675 g/mol. The van der Waals surface area contributed by atoms with Crippen molar-refractivity contribution < 1.29 is 0 Å². The van der Waals surface area contributed by atoms with Crippen molar-refractivity contribution in [2.24, 2.45) is 5.92 Å². The summed E-state index contributed by atoms with van der Waals surface area (Å²) in [6, 6.07) is 41.5. The zero-order valence-corrected chi connectivity index (χ0v) is 29.1. The van der Waals surface area contributed by atoms with Crippen LogP contribution in [0.4, 0.5) is 0 Å². The van der Waals surface area contributed by atoms with Crippen LogP contribution in [0.5, 0.6) is 0 Å². The summed E-state index contributed by atoms with van der Waals surface area (Å²) in [5.41, 5.74) is 10.4. The van der Waals surface area contributed by atoms with E-state index in [1.54, 1.807) is 0 Å². The van der Waals surface area contributed by atoms with E-state index in [1.807, 2.05) is 29.5 Å². The van der Waals surface area contributed by atoms with Crippen LogP contribution >= 0.6 is 11.3 Å². The molecule has 0 radical (unpaired) electrons. The van der Waals surface area contributed by atoms with Crippen LogP contribution in [-0.4, -0.2) is 19.5 Å². The zero-order valence-electron chi connectivity index (χ0n) is 28.3. The number of para-hydroxylation sites is 1. The predicted molar refractivity (Wildman–Crippen MR) is 214 cm³/mol. The molecule has 0 saturated heterocycles. The van der Waals surface area contributed by atoms with Gasteiger partial charge in [0.2, 0.25) is 0 Å². The molecule has 0 bridgehead atoms. The summed E-state index contributed by atoms with van der Waals surface area (Å²) < 4.78 is 3.75. The second kappa shape index (κ2) is 12.1. The van der Waals surface area contributed by atoms with E-state index in [1.165, 1.54) is 47.9 Å². The van der Waals surface area contributed by atoms with Crippen molar-refractivity contribution in [3.05, 3.63) is 156 Å². The first-order valence-corrected chi connectivity index (χ1v) is 18.5. The first-order valence-electron chi connectivity index (χ1n) is 17.7. The smallest absolute Gasteiger partial charge is 0.164 e. The van der Waals surface area contributed by atoms with Gasteiger partial charge in [-0.3, -0.25) is 0 Å². The van der Waals surface area contributed by atoms with Crippen molar-refractivity contribution in [2.45, 2.75) is 26.2 Å². The van der Waals surface area contributed by atoms with Crippen LogP contribution in [-0.2, 0) is 6.42 Å². The van der Waals surface area contributed by atoms with E-state index in [4.69, 9.17) is 15.0 Å². The van der Waals surface area contributed by atoms with Crippen LogP contribution in [0.15, 0.2) is 140 Å². The lowest BCUT2D eigenvalue weighted by Gasteiger charge is -2.15. The third-order valence-electron chi connectivity index (χ3n) is 10.3. The van der Waals surface area contributed by atoms with E-state index in [2.05, 4.69) is 139 Å². The van der Waals surface area contributed by atoms with E-state index in [0.717, 1.165) is 53.0 Å². The van der Waals surface area contributed by atoms with E-state index in [0.29, 0.717) is 17.6 Å². The Labute approximate surface area is 300 Å². The van der Waals surface area contributed by atoms with Gasteiger partial charge in [-0.15, -0.1) is 11.3 Å². The lowest BCUT2D eigenvalue weighted by atomic mass is 9.95. The van der Waals surface area contributed by atoms with Crippen LogP contribution in [0, 0.1) is 5.92 Å². The quantitative estimate of drug-likeness (QED) is 0.182. The van der Waals surface area contributed by atoms with Gasteiger partial charge < -0.3 is 4.57 Å². The Morgan fingerprint density at radius 3 is 2.06 bits per heavy atom. The highest BCUT2D eigenvalue weighted by Gasteiger charge is 2.20. The lowest BCUT2D eigenvalue weighted by molar-refractivity contribution is 0.742. The second-order valence-corrected chi connectivity index (χ2v) is 14.7. The normalized spacial score (nSPS) is 15.5. The molecule has 51 heavy (non-hydrogen) atoms. The summed E-state index contributed by atoms with van der Waals surface area (Å²) in [6.07, 6.45) is 14.2. The standard InChI is InChI=1S/C46H34N4S/c1-29-11-10-14-33(25-29)45-47-44(30-12-4-2-5-13-30)48-46(49-45)34-21-23-37-36-22-19-31(26-40(36)50(41(37)27-34)35-15-6-3-7-16-35)32-20-24-39-38-17-8-9-18-42(38)51-43(39)28-32/h2-7,9-16,18-24,26-29H,8,17,25H2,1H3. The van der Waals surface area contributed by atoms with Crippen molar-refractivity contribution >= 4 is 54.9 Å². The molecule has 0 amide bonds. The maximum absolute atomic E-state index is 5.12. The molecule has 0 aliphatic heterocycles. The van der Waals surface area contributed by atoms with Crippen LogP contribution in [0.3, 0.4) is 0 Å². The molecule has 5 aromatic carbocycles. The largest absolute Gasteiger partial charge is 0.309 e. The van der Waals surface area contributed by atoms with Crippen LogP contribution in [0.25, 0.3) is 83.1 Å². The summed E-state index contributed by atoms with van der Waals surface area (Å²) in [5, 5.41) is 3.82. The maximum atomic E-state index is 5.12. The minimum Gasteiger partial charge on any atom is -0.309 e. The van der Waals surface area contributed by atoms with Crippen molar-refractivity contribution in [2.75, 3.05) is 0 Å². The first kappa shape index (κ1) is 30.0. The Kier molecular flexibility index (Phi) is 7.14. The summed E-state index contributed by atoms with van der Waals surface area (Å²) in [6.45, 7) is 2.23. The number of allylic oxidation sites excluding steroid dienone is 5. The Morgan fingerprint density at radius 1 is 0.647 bits per heavy atom. The summed E-state index contributed by atoms with van der Waals surface area (Å²) in [7, 11) is 0. The van der Waals surface area contributed by atoms with Gasteiger partial charge in [0, 0.05) is 37.2 Å². The molecular weight excluding hydrogens is 641 g/mol. The van der Waals surface area contributed by atoms with E-state index < -0.39 is 0 Å². The molecule has 244 valence electrons. The Bertz CT molecular complexity index is 2730. The maximum Gasteiger partial charge on any atom is 0.164 e. The van der Waals surface area contributed by atoms with E-state index in [-0.39, 0.29) is 0 Å². The highest BCUT2D eigenvalue weighted by molar-refractivity contribution is 7.20. The molecule has 8 aromatic rings. The highest BCUT2D eigenvalue weighted by Crippen LogP contribution is 2.40. The molecule has 0 N–H and O–H groups in total. The molecule has 0 fully saturated rings. The Morgan fingerprint density at radius 2 is 1.29 bits per heavy atom. The van der Waals surface area contributed by atoms with Gasteiger partial charge in [-0.2, -0.15) is 0 Å². The van der Waals surface area contributed by atoms with Gasteiger partial charge in [-0.1, -0.05) is 116 Å². The number of nitrogens with zero attached hydrogens (tertiary/aromatic N) is 4. The third kappa shape index (κ3) is 5.24. The van der Waals surface area contributed by atoms with Crippen molar-refractivity contribution in [3.8, 4) is 39.6 Å². The molecule has 3 aromatic heterocycles. The van der Waals surface area contributed by atoms with Gasteiger partial charge in [0.15, 0.2) is 17.5 Å². The number of aromatic nitrogens is 4. The van der Waals surface area contributed by atoms with Crippen molar-refractivity contribution in [1.29, 1.82) is 0 Å². The highest BCUT2D eigenvalue weighted by atomic mass is 32.1. The van der Waals surface area contributed by atoms with Gasteiger partial charge in [-0.25, -0.2) is 15.0 Å². The molecule has 10 rings (SSSR count). The number of aryl methyl sites for hydroxylation is 1. The Balaban J connectivity index is 1.15. The lowest BCUT2D eigenvalue weighted by Crippen LogP contribution is -2.06. The number of rotatable bonds is 5. The Hall–Kier alpha value is -5.91. The third-order valence-corrected chi connectivity index (χ3v) is 11.4. The molecule has 1 unspecified atom stereocenters. The zero-order chi connectivity index (χ0) is 33.9. The predicted octanol–water partition coefficient (Wildman–Crippen LogP) is 12.1. The minimum atomic E-state index is 0.433. The molecule has 0 saturated carbocycles. The number of thiophene rings is 1. The molecule has 3 heterocycles.